The smallest absolute Gasteiger partial charge is 0.411 e. The zero-order chi connectivity index (χ0) is 29.6. The maximum absolute atomic E-state index is 13.6. The molecule has 2 unspecified atom stereocenters. The van der Waals surface area contributed by atoms with Crippen LogP contribution in [0, 0.1) is 11.8 Å². The Labute approximate surface area is 248 Å². The SMILES string of the molecule is CC(C)COC(=O)N(Cc1ccccc1)CC(O)C(Sc1ccccc1)N(Cc1ccccc1)C(=O)OCC(C)C. The number of rotatable bonds is 14. The number of ether oxygens (including phenoxy) is 2. The van der Waals surface area contributed by atoms with Crippen LogP contribution >= 0.6 is 11.8 Å². The maximum atomic E-state index is 13.6. The number of carbonyl (C=O) groups excluding carboxylic acids is 2. The van der Waals surface area contributed by atoms with Crippen LogP contribution in [0.4, 0.5) is 9.59 Å². The lowest BCUT2D eigenvalue weighted by atomic mass is 10.2. The van der Waals surface area contributed by atoms with Crippen molar-refractivity contribution < 1.29 is 24.2 Å². The Hall–Kier alpha value is -3.49. The Kier molecular flexibility index (Phi) is 13.0. The highest BCUT2D eigenvalue weighted by atomic mass is 32.2. The monoisotopic (exact) mass is 578 g/mol. The van der Waals surface area contributed by atoms with Gasteiger partial charge in [-0.25, -0.2) is 9.59 Å². The summed E-state index contributed by atoms with van der Waals surface area (Å²) >= 11 is 1.36. The van der Waals surface area contributed by atoms with Gasteiger partial charge in [-0.1, -0.05) is 118 Å². The zero-order valence-electron chi connectivity index (χ0n) is 24.4. The van der Waals surface area contributed by atoms with E-state index in [9.17, 15) is 14.7 Å². The molecule has 0 aliphatic heterocycles. The van der Waals surface area contributed by atoms with Crippen LogP contribution in [0.2, 0.25) is 0 Å². The van der Waals surface area contributed by atoms with Gasteiger partial charge < -0.3 is 19.5 Å². The van der Waals surface area contributed by atoms with Crippen LogP contribution in [0.25, 0.3) is 0 Å². The van der Waals surface area contributed by atoms with Crippen molar-refractivity contribution in [2.24, 2.45) is 11.8 Å². The molecule has 3 rings (SSSR count). The van der Waals surface area contributed by atoms with Gasteiger partial charge in [0.25, 0.3) is 0 Å². The van der Waals surface area contributed by atoms with Crippen LogP contribution in [-0.4, -0.2) is 58.3 Å². The summed E-state index contributed by atoms with van der Waals surface area (Å²) in [6.07, 6.45) is -2.15. The van der Waals surface area contributed by atoms with E-state index in [1.165, 1.54) is 16.7 Å². The minimum Gasteiger partial charge on any atom is -0.449 e. The van der Waals surface area contributed by atoms with Crippen LogP contribution < -0.4 is 0 Å². The van der Waals surface area contributed by atoms with Crippen molar-refractivity contribution in [3.63, 3.8) is 0 Å². The summed E-state index contributed by atoms with van der Waals surface area (Å²) in [5.74, 6) is 0.320. The van der Waals surface area contributed by atoms with Gasteiger partial charge in [0, 0.05) is 11.4 Å². The third-order valence-electron chi connectivity index (χ3n) is 6.03. The van der Waals surface area contributed by atoms with E-state index in [1.807, 2.05) is 119 Å². The van der Waals surface area contributed by atoms with E-state index in [-0.39, 0.29) is 44.7 Å². The fourth-order valence-corrected chi connectivity index (χ4v) is 5.12. The highest BCUT2D eigenvalue weighted by molar-refractivity contribution is 8.00. The molecule has 3 aromatic rings. The fourth-order valence-electron chi connectivity index (χ4n) is 4.00. The lowest BCUT2D eigenvalue weighted by Crippen LogP contribution is -2.50. The molecule has 1 N–H and O–H groups in total. The van der Waals surface area contributed by atoms with Gasteiger partial charge in [0.1, 0.15) is 11.5 Å². The Morgan fingerprint density at radius 2 is 1.17 bits per heavy atom. The van der Waals surface area contributed by atoms with Gasteiger partial charge >= 0.3 is 12.2 Å². The number of amides is 2. The van der Waals surface area contributed by atoms with Gasteiger partial charge in [-0.15, -0.1) is 0 Å². The number of nitrogens with zero attached hydrogens (tertiary/aromatic N) is 2. The zero-order valence-corrected chi connectivity index (χ0v) is 25.2. The van der Waals surface area contributed by atoms with E-state index in [4.69, 9.17) is 9.47 Å². The molecule has 8 heteroatoms. The molecule has 0 radical (unpaired) electrons. The van der Waals surface area contributed by atoms with Crippen molar-refractivity contribution in [1.29, 1.82) is 0 Å². The number of carbonyl (C=O) groups is 2. The molecule has 0 aromatic heterocycles. The Balaban J connectivity index is 1.94. The van der Waals surface area contributed by atoms with E-state index < -0.39 is 23.7 Å². The first-order valence-electron chi connectivity index (χ1n) is 14.1. The minimum atomic E-state index is -1.12. The number of aliphatic hydroxyl groups is 1. The van der Waals surface area contributed by atoms with Gasteiger partial charge in [-0.05, 0) is 35.1 Å². The lowest BCUT2D eigenvalue weighted by Gasteiger charge is -2.36. The number of benzene rings is 3. The van der Waals surface area contributed by atoms with Crippen LogP contribution in [0.1, 0.15) is 38.8 Å². The molecule has 41 heavy (non-hydrogen) atoms. The third kappa shape index (κ3) is 11.1. The topological polar surface area (TPSA) is 79.3 Å². The second-order valence-corrected chi connectivity index (χ2v) is 12.0. The molecule has 2 amide bonds. The normalized spacial score (nSPS) is 12.6. The summed E-state index contributed by atoms with van der Waals surface area (Å²) in [6.45, 7) is 8.87. The Morgan fingerprint density at radius 3 is 1.68 bits per heavy atom. The van der Waals surface area contributed by atoms with Gasteiger partial charge in [-0.3, -0.25) is 4.90 Å². The number of thioether (sulfide) groups is 1. The molecule has 220 valence electrons. The quantitative estimate of drug-likeness (QED) is 0.163. The summed E-state index contributed by atoms with van der Waals surface area (Å²) in [5.41, 5.74) is 1.81. The van der Waals surface area contributed by atoms with E-state index in [0.717, 1.165) is 16.0 Å². The van der Waals surface area contributed by atoms with E-state index in [1.54, 1.807) is 4.90 Å². The molecular weight excluding hydrogens is 536 g/mol. The first-order valence-corrected chi connectivity index (χ1v) is 14.9. The van der Waals surface area contributed by atoms with Crippen molar-refractivity contribution in [3.8, 4) is 0 Å². The molecule has 0 spiro atoms. The largest absolute Gasteiger partial charge is 0.449 e. The summed E-state index contributed by atoms with van der Waals surface area (Å²) in [5, 5.41) is 11.0. The first-order chi connectivity index (χ1) is 19.7. The lowest BCUT2D eigenvalue weighted by molar-refractivity contribution is 0.0309. The highest BCUT2D eigenvalue weighted by Crippen LogP contribution is 2.31. The van der Waals surface area contributed by atoms with Gasteiger partial charge in [0.05, 0.1) is 26.3 Å². The van der Waals surface area contributed by atoms with Gasteiger partial charge in [0.15, 0.2) is 0 Å². The van der Waals surface area contributed by atoms with Crippen LogP contribution in [0.5, 0.6) is 0 Å². The van der Waals surface area contributed by atoms with Crippen LogP contribution in [0.3, 0.4) is 0 Å². The summed E-state index contributed by atoms with van der Waals surface area (Å²) in [6, 6.07) is 28.8. The molecule has 0 bridgehead atoms. The molecule has 0 fully saturated rings. The van der Waals surface area contributed by atoms with Crippen LogP contribution in [0.15, 0.2) is 95.9 Å². The minimum absolute atomic E-state index is 0.0426. The molecule has 0 saturated heterocycles. The second-order valence-electron chi connectivity index (χ2n) is 10.8. The predicted octanol–water partition coefficient (Wildman–Crippen LogP) is 7.06. The van der Waals surface area contributed by atoms with Crippen molar-refractivity contribution in [3.05, 3.63) is 102 Å². The molecule has 3 aromatic carbocycles. The summed E-state index contributed by atoms with van der Waals surface area (Å²) in [7, 11) is 0. The second kappa shape index (κ2) is 16.7. The summed E-state index contributed by atoms with van der Waals surface area (Å²) in [4.78, 5) is 30.7. The first kappa shape index (κ1) is 32.0. The van der Waals surface area contributed by atoms with Crippen molar-refractivity contribution in [1.82, 2.24) is 9.80 Å². The molecule has 2 atom stereocenters. The summed E-state index contributed by atoms with van der Waals surface area (Å²) < 4.78 is 11.2. The molecule has 0 saturated carbocycles. The van der Waals surface area contributed by atoms with E-state index >= 15 is 0 Å². The van der Waals surface area contributed by atoms with Crippen LogP contribution in [-0.2, 0) is 22.6 Å². The van der Waals surface area contributed by atoms with Crippen molar-refractivity contribution in [2.45, 2.75) is 57.2 Å². The van der Waals surface area contributed by atoms with Crippen molar-refractivity contribution in [2.75, 3.05) is 19.8 Å². The maximum Gasteiger partial charge on any atom is 0.411 e. The standard InChI is InChI=1S/C33H42N2O5S/c1-25(2)23-39-32(37)34(20-27-14-8-5-9-15-27)22-30(36)31(41-29-18-12-7-13-19-29)35(33(38)40-24-26(3)4)21-28-16-10-6-11-17-28/h5-19,25-26,30-31,36H,20-24H2,1-4H3. The predicted molar refractivity (Wildman–Crippen MR) is 163 cm³/mol. The Bertz CT molecular complexity index is 1180. The third-order valence-corrected chi connectivity index (χ3v) is 7.38. The van der Waals surface area contributed by atoms with E-state index in [0.29, 0.717) is 0 Å². The molecule has 0 aliphatic rings. The molecular formula is C33H42N2O5S. The molecule has 7 nitrogen and oxygen atoms in total. The average molecular weight is 579 g/mol. The van der Waals surface area contributed by atoms with Gasteiger partial charge in [-0.2, -0.15) is 0 Å². The molecule has 0 heterocycles. The van der Waals surface area contributed by atoms with Gasteiger partial charge in [0.2, 0.25) is 0 Å². The van der Waals surface area contributed by atoms with Crippen molar-refractivity contribution >= 4 is 23.9 Å². The Morgan fingerprint density at radius 1 is 0.707 bits per heavy atom. The van der Waals surface area contributed by atoms with E-state index in [2.05, 4.69) is 0 Å². The number of hydrogen-bond donors (Lipinski definition) is 1. The number of hydrogen-bond acceptors (Lipinski definition) is 6. The fraction of sp³-hybridized carbons (Fsp3) is 0.394. The average Bonchev–Trinajstić information content (AvgIpc) is 2.97. The highest BCUT2D eigenvalue weighted by Gasteiger charge is 2.34. The number of aliphatic hydroxyl groups excluding tert-OH is 1. The molecule has 0 aliphatic carbocycles.